The quantitative estimate of drug-likeness (QED) is 0.421. The third-order valence-electron chi connectivity index (χ3n) is 3.74. The second-order valence-corrected chi connectivity index (χ2v) is 5.58. The minimum absolute atomic E-state index is 0.0727. The molecule has 0 saturated carbocycles. The molecule has 0 spiro atoms. The molecule has 0 aromatic rings. The third-order valence-corrected chi connectivity index (χ3v) is 3.74. The summed E-state index contributed by atoms with van der Waals surface area (Å²) in [6, 6.07) is 0. The molecule has 19 heavy (non-hydrogen) atoms. The summed E-state index contributed by atoms with van der Waals surface area (Å²) in [5, 5.41) is 9.09. The summed E-state index contributed by atoms with van der Waals surface area (Å²) in [4.78, 5) is 0. The zero-order chi connectivity index (χ0) is 14.2. The van der Waals surface area contributed by atoms with E-state index in [1.807, 2.05) is 6.92 Å². The highest BCUT2D eigenvalue weighted by Crippen LogP contribution is 2.13. The molecule has 0 fully saturated rings. The van der Waals surface area contributed by atoms with Crippen LogP contribution in [0.4, 0.5) is 0 Å². The van der Waals surface area contributed by atoms with Crippen LogP contribution in [-0.2, 0) is 4.74 Å². The van der Waals surface area contributed by atoms with Gasteiger partial charge in [0.1, 0.15) is 0 Å². The first-order valence-corrected chi connectivity index (χ1v) is 8.57. The van der Waals surface area contributed by atoms with Crippen molar-refractivity contribution in [2.24, 2.45) is 0 Å². The molecular formula is C17H36O2. The highest BCUT2D eigenvalue weighted by molar-refractivity contribution is 4.56. The van der Waals surface area contributed by atoms with Gasteiger partial charge in [0.15, 0.2) is 0 Å². The molecular weight excluding hydrogens is 236 g/mol. The van der Waals surface area contributed by atoms with E-state index in [2.05, 4.69) is 6.92 Å². The standard InChI is InChI=1S/C17H36O2/c1-3-5-6-7-8-9-10-11-12-13-14-15-17(16-18)19-4-2/h17-18H,3-16H2,1-2H3. The number of hydrogen-bond donors (Lipinski definition) is 1. The second kappa shape index (κ2) is 16.0. The molecule has 1 unspecified atom stereocenters. The van der Waals surface area contributed by atoms with E-state index in [9.17, 15) is 0 Å². The van der Waals surface area contributed by atoms with Crippen LogP contribution < -0.4 is 0 Å². The van der Waals surface area contributed by atoms with E-state index in [1.54, 1.807) is 0 Å². The molecule has 0 aliphatic heterocycles. The number of aliphatic hydroxyl groups excluding tert-OH is 1. The maximum atomic E-state index is 9.09. The highest BCUT2D eigenvalue weighted by atomic mass is 16.5. The van der Waals surface area contributed by atoms with Crippen molar-refractivity contribution in [2.75, 3.05) is 13.2 Å². The van der Waals surface area contributed by atoms with Crippen molar-refractivity contribution < 1.29 is 9.84 Å². The summed E-state index contributed by atoms with van der Waals surface area (Å²) >= 11 is 0. The fraction of sp³-hybridized carbons (Fsp3) is 1.00. The average molecular weight is 272 g/mol. The summed E-state index contributed by atoms with van der Waals surface area (Å²) in [6.07, 6.45) is 16.2. The molecule has 0 saturated heterocycles. The van der Waals surface area contributed by atoms with Crippen LogP contribution in [0.15, 0.2) is 0 Å². The lowest BCUT2D eigenvalue weighted by atomic mass is 10.0. The Hall–Kier alpha value is -0.0800. The molecule has 0 radical (unpaired) electrons. The van der Waals surface area contributed by atoms with Crippen LogP contribution in [0.1, 0.15) is 90.9 Å². The zero-order valence-electron chi connectivity index (χ0n) is 13.3. The van der Waals surface area contributed by atoms with E-state index in [1.165, 1.54) is 70.6 Å². The number of unbranched alkanes of at least 4 members (excludes halogenated alkanes) is 10. The molecule has 2 nitrogen and oxygen atoms in total. The van der Waals surface area contributed by atoms with Crippen LogP contribution in [0.25, 0.3) is 0 Å². The Morgan fingerprint density at radius 2 is 1.21 bits per heavy atom. The van der Waals surface area contributed by atoms with Crippen LogP contribution in [0.5, 0.6) is 0 Å². The lowest BCUT2D eigenvalue weighted by Gasteiger charge is -2.13. The molecule has 0 aliphatic rings. The van der Waals surface area contributed by atoms with Gasteiger partial charge in [-0.2, -0.15) is 0 Å². The number of rotatable bonds is 15. The molecule has 1 atom stereocenters. The molecule has 0 bridgehead atoms. The smallest absolute Gasteiger partial charge is 0.0805 e. The van der Waals surface area contributed by atoms with Gasteiger partial charge in [0.25, 0.3) is 0 Å². The Bertz CT molecular complexity index is 159. The van der Waals surface area contributed by atoms with Gasteiger partial charge in [-0.3, -0.25) is 0 Å². The van der Waals surface area contributed by atoms with E-state index in [0.717, 1.165) is 6.42 Å². The first-order valence-electron chi connectivity index (χ1n) is 8.57. The van der Waals surface area contributed by atoms with Gasteiger partial charge in [-0.1, -0.05) is 77.6 Å². The summed E-state index contributed by atoms with van der Waals surface area (Å²) < 4.78 is 5.43. The van der Waals surface area contributed by atoms with Gasteiger partial charge >= 0.3 is 0 Å². The van der Waals surface area contributed by atoms with E-state index in [0.29, 0.717) is 6.61 Å². The van der Waals surface area contributed by atoms with Crippen molar-refractivity contribution in [3.05, 3.63) is 0 Å². The molecule has 0 aliphatic carbocycles. The number of ether oxygens (including phenoxy) is 1. The first kappa shape index (κ1) is 18.9. The number of hydrogen-bond acceptors (Lipinski definition) is 2. The molecule has 116 valence electrons. The maximum Gasteiger partial charge on any atom is 0.0805 e. The summed E-state index contributed by atoms with van der Waals surface area (Å²) in [7, 11) is 0. The maximum absolute atomic E-state index is 9.09. The van der Waals surface area contributed by atoms with Gasteiger partial charge in [0.2, 0.25) is 0 Å². The van der Waals surface area contributed by atoms with Crippen molar-refractivity contribution in [1.29, 1.82) is 0 Å². The van der Waals surface area contributed by atoms with Crippen molar-refractivity contribution >= 4 is 0 Å². The Kier molecular flexibility index (Phi) is 15.9. The van der Waals surface area contributed by atoms with E-state index in [-0.39, 0.29) is 12.7 Å². The Labute approximate surface area is 120 Å². The second-order valence-electron chi connectivity index (χ2n) is 5.58. The van der Waals surface area contributed by atoms with Crippen LogP contribution in [-0.4, -0.2) is 24.4 Å². The topological polar surface area (TPSA) is 29.5 Å². The lowest BCUT2D eigenvalue weighted by Crippen LogP contribution is -2.17. The minimum atomic E-state index is 0.0727. The largest absolute Gasteiger partial charge is 0.394 e. The molecule has 0 rings (SSSR count). The Balaban J connectivity index is 3.09. The summed E-state index contributed by atoms with van der Waals surface area (Å²) in [5.74, 6) is 0. The highest BCUT2D eigenvalue weighted by Gasteiger charge is 2.05. The van der Waals surface area contributed by atoms with Gasteiger partial charge in [0, 0.05) is 6.61 Å². The van der Waals surface area contributed by atoms with E-state index < -0.39 is 0 Å². The van der Waals surface area contributed by atoms with Crippen LogP contribution >= 0.6 is 0 Å². The van der Waals surface area contributed by atoms with Crippen LogP contribution in [0.3, 0.4) is 0 Å². The van der Waals surface area contributed by atoms with Crippen molar-refractivity contribution in [2.45, 2.75) is 97.0 Å². The van der Waals surface area contributed by atoms with Crippen molar-refractivity contribution in [1.82, 2.24) is 0 Å². The van der Waals surface area contributed by atoms with Gasteiger partial charge in [-0.25, -0.2) is 0 Å². The number of aliphatic hydroxyl groups is 1. The minimum Gasteiger partial charge on any atom is -0.394 e. The van der Waals surface area contributed by atoms with Crippen LogP contribution in [0.2, 0.25) is 0 Å². The molecule has 0 aromatic heterocycles. The molecule has 1 N–H and O–H groups in total. The summed E-state index contributed by atoms with van der Waals surface area (Å²) in [5.41, 5.74) is 0. The average Bonchev–Trinajstić information content (AvgIpc) is 2.43. The zero-order valence-corrected chi connectivity index (χ0v) is 13.3. The monoisotopic (exact) mass is 272 g/mol. The summed E-state index contributed by atoms with van der Waals surface area (Å²) in [6.45, 7) is 5.14. The first-order chi connectivity index (χ1) is 9.35. The molecule has 0 heterocycles. The lowest BCUT2D eigenvalue weighted by molar-refractivity contribution is 0.0136. The fourth-order valence-corrected chi connectivity index (χ4v) is 2.50. The fourth-order valence-electron chi connectivity index (χ4n) is 2.50. The van der Waals surface area contributed by atoms with E-state index >= 15 is 0 Å². The normalized spacial score (nSPS) is 12.8. The molecule has 0 amide bonds. The third kappa shape index (κ3) is 14.1. The van der Waals surface area contributed by atoms with Gasteiger partial charge in [-0.05, 0) is 13.3 Å². The predicted molar refractivity (Wildman–Crippen MR) is 83.6 cm³/mol. The van der Waals surface area contributed by atoms with Crippen LogP contribution in [0, 0.1) is 0 Å². The van der Waals surface area contributed by atoms with E-state index in [4.69, 9.17) is 9.84 Å². The SMILES string of the molecule is CCCCCCCCCCCCCC(CO)OCC. The predicted octanol–water partition coefficient (Wildman–Crippen LogP) is 5.08. The van der Waals surface area contributed by atoms with Gasteiger partial charge in [-0.15, -0.1) is 0 Å². The molecule has 2 heteroatoms. The van der Waals surface area contributed by atoms with Gasteiger partial charge in [0.05, 0.1) is 12.7 Å². The Morgan fingerprint density at radius 1 is 0.737 bits per heavy atom. The van der Waals surface area contributed by atoms with Gasteiger partial charge < -0.3 is 9.84 Å². The van der Waals surface area contributed by atoms with Crippen molar-refractivity contribution in [3.8, 4) is 0 Å². The van der Waals surface area contributed by atoms with Crippen molar-refractivity contribution in [3.63, 3.8) is 0 Å². The Morgan fingerprint density at radius 3 is 1.63 bits per heavy atom. The molecule has 0 aromatic carbocycles.